The first kappa shape index (κ1) is 18.8. The molecule has 5 rings (SSSR count). The van der Waals surface area contributed by atoms with Crippen molar-refractivity contribution in [2.45, 2.75) is 38.1 Å². The van der Waals surface area contributed by atoms with E-state index in [4.69, 9.17) is 11.6 Å². The van der Waals surface area contributed by atoms with E-state index in [0.29, 0.717) is 5.92 Å². The molecule has 152 valence electrons. The van der Waals surface area contributed by atoms with Crippen LogP contribution in [0.15, 0.2) is 48.2 Å². The molecule has 3 heterocycles. The van der Waals surface area contributed by atoms with Gasteiger partial charge >= 0.3 is 0 Å². The third kappa shape index (κ3) is 3.70. The van der Waals surface area contributed by atoms with Gasteiger partial charge in [0.05, 0.1) is 17.4 Å². The topological polar surface area (TPSA) is 51.4 Å². The SMILES string of the molecule is CC1=C2c3ccc(C4CCNCC4)cc3C(Nc3ccc(Cl)cc3)CCN2NN1. The average molecular weight is 410 g/mol. The summed E-state index contributed by atoms with van der Waals surface area (Å²) in [6.07, 6.45) is 3.44. The third-order valence-corrected chi connectivity index (χ3v) is 6.60. The van der Waals surface area contributed by atoms with Crippen LogP contribution in [0.2, 0.25) is 5.02 Å². The first-order valence-corrected chi connectivity index (χ1v) is 10.9. The van der Waals surface area contributed by atoms with Crippen LogP contribution in [0, 0.1) is 0 Å². The van der Waals surface area contributed by atoms with E-state index in [1.165, 1.54) is 40.9 Å². The van der Waals surface area contributed by atoms with Crippen molar-refractivity contribution in [3.8, 4) is 0 Å². The number of rotatable bonds is 3. The molecule has 0 aromatic heterocycles. The Morgan fingerprint density at radius 1 is 1.03 bits per heavy atom. The summed E-state index contributed by atoms with van der Waals surface area (Å²) in [7, 11) is 0. The number of halogens is 1. The van der Waals surface area contributed by atoms with E-state index < -0.39 is 0 Å². The Labute approximate surface area is 177 Å². The average Bonchev–Trinajstić information content (AvgIpc) is 3.05. The van der Waals surface area contributed by atoms with E-state index >= 15 is 0 Å². The van der Waals surface area contributed by atoms with Gasteiger partial charge in [0.2, 0.25) is 0 Å². The number of nitrogens with one attached hydrogen (secondary N) is 4. The Morgan fingerprint density at radius 2 is 1.83 bits per heavy atom. The standard InChI is InChI=1S/C23H28ClN5/c1-15-23-20-7-2-17(16-8-11-25-12-9-16)14-21(20)22(10-13-29(23)28-27-15)26-19-5-3-18(24)4-6-19/h2-7,14,16,22,25-28H,8-13H2,1H3. The number of fused-ring (bicyclic) bond motifs is 3. The summed E-state index contributed by atoms with van der Waals surface area (Å²) in [5.41, 5.74) is 14.3. The van der Waals surface area contributed by atoms with Gasteiger partial charge in [0.15, 0.2) is 0 Å². The van der Waals surface area contributed by atoms with Crippen LogP contribution in [0.5, 0.6) is 0 Å². The van der Waals surface area contributed by atoms with Crippen LogP contribution in [-0.2, 0) is 0 Å². The normalized spacial score (nSPS) is 22.0. The van der Waals surface area contributed by atoms with Crippen molar-refractivity contribution in [2.24, 2.45) is 0 Å². The summed E-state index contributed by atoms with van der Waals surface area (Å²) in [6.45, 7) is 5.29. The number of anilines is 1. The fraction of sp³-hybridized carbons (Fsp3) is 0.391. The molecule has 0 aliphatic carbocycles. The van der Waals surface area contributed by atoms with Crippen LogP contribution in [0.25, 0.3) is 5.70 Å². The zero-order valence-corrected chi connectivity index (χ0v) is 17.5. The maximum Gasteiger partial charge on any atom is 0.0814 e. The highest BCUT2D eigenvalue weighted by Crippen LogP contribution is 2.39. The Balaban J connectivity index is 1.55. The van der Waals surface area contributed by atoms with Crippen molar-refractivity contribution in [3.05, 3.63) is 69.9 Å². The maximum atomic E-state index is 6.09. The van der Waals surface area contributed by atoms with Gasteiger partial charge in [0, 0.05) is 22.8 Å². The molecule has 6 heteroatoms. The van der Waals surface area contributed by atoms with E-state index in [-0.39, 0.29) is 6.04 Å². The molecule has 1 fully saturated rings. The fourth-order valence-electron chi connectivity index (χ4n) is 4.79. The lowest BCUT2D eigenvalue weighted by Crippen LogP contribution is -2.37. The zero-order chi connectivity index (χ0) is 19.8. The molecule has 29 heavy (non-hydrogen) atoms. The minimum atomic E-state index is 0.251. The Kier molecular flexibility index (Phi) is 5.12. The summed E-state index contributed by atoms with van der Waals surface area (Å²) in [5.74, 6) is 0.645. The zero-order valence-electron chi connectivity index (χ0n) is 16.8. The van der Waals surface area contributed by atoms with Crippen LogP contribution in [0.1, 0.15) is 54.8 Å². The molecule has 0 spiro atoms. The highest BCUT2D eigenvalue weighted by molar-refractivity contribution is 6.30. The number of benzene rings is 2. The molecule has 0 radical (unpaired) electrons. The molecule has 3 aliphatic heterocycles. The number of piperidine rings is 1. The van der Waals surface area contributed by atoms with Crippen molar-refractivity contribution >= 4 is 23.0 Å². The van der Waals surface area contributed by atoms with Crippen molar-refractivity contribution in [1.29, 1.82) is 0 Å². The lowest BCUT2D eigenvalue weighted by Gasteiger charge is -2.26. The lowest BCUT2D eigenvalue weighted by atomic mass is 9.86. The van der Waals surface area contributed by atoms with Crippen LogP contribution in [0.4, 0.5) is 5.69 Å². The molecular formula is C23H28ClN5. The number of nitrogens with zero attached hydrogens (tertiary/aromatic N) is 1. The van der Waals surface area contributed by atoms with Crippen molar-refractivity contribution < 1.29 is 0 Å². The molecule has 2 aromatic carbocycles. The quantitative estimate of drug-likeness (QED) is 0.606. The van der Waals surface area contributed by atoms with Gasteiger partial charge in [-0.25, -0.2) is 0 Å². The first-order valence-electron chi connectivity index (χ1n) is 10.6. The minimum Gasteiger partial charge on any atom is -0.378 e. The molecule has 0 amide bonds. The second kappa shape index (κ2) is 7.90. The molecular weight excluding hydrogens is 382 g/mol. The molecule has 3 aliphatic rings. The molecule has 0 saturated carbocycles. The third-order valence-electron chi connectivity index (χ3n) is 6.35. The van der Waals surface area contributed by atoms with Gasteiger partial charge in [0.1, 0.15) is 0 Å². The molecule has 1 saturated heterocycles. The monoisotopic (exact) mass is 409 g/mol. The smallest absolute Gasteiger partial charge is 0.0814 e. The van der Waals surface area contributed by atoms with Gasteiger partial charge in [0.25, 0.3) is 0 Å². The Hall–Kier alpha value is -2.21. The molecule has 2 aromatic rings. The van der Waals surface area contributed by atoms with Crippen LogP contribution in [-0.4, -0.2) is 24.6 Å². The Bertz CT molecular complexity index is 917. The summed E-state index contributed by atoms with van der Waals surface area (Å²) in [6, 6.07) is 15.4. The molecule has 1 unspecified atom stereocenters. The van der Waals surface area contributed by atoms with Gasteiger partial charge in [-0.15, -0.1) is 5.53 Å². The van der Waals surface area contributed by atoms with Crippen molar-refractivity contribution in [2.75, 3.05) is 25.0 Å². The van der Waals surface area contributed by atoms with Crippen LogP contribution >= 0.6 is 11.6 Å². The number of hydrazine groups is 2. The fourth-order valence-corrected chi connectivity index (χ4v) is 4.92. The van der Waals surface area contributed by atoms with E-state index in [0.717, 1.165) is 36.8 Å². The van der Waals surface area contributed by atoms with Crippen LogP contribution in [0.3, 0.4) is 0 Å². The number of hydrogen-bond acceptors (Lipinski definition) is 5. The van der Waals surface area contributed by atoms with E-state index in [1.54, 1.807) is 0 Å². The number of allylic oxidation sites excluding steroid dienone is 1. The molecule has 5 nitrogen and oxygen atoms in total. The predicted octanol–water partition coefficient (Wildman–Crippen LogP) is 4.38. The molecule has 0 bridgehead atoms. The molecule has 4 N–H and O–H groups in total. The van der Waals surface area contributed by atoms with Gasteiger partial charge in [-0.05, 0) is 80.6 Å². The van der Waals surface area contributed by atoms with E-state index in [9.17, 15) is 0 Å². The second-order valence-corrected chi connectivity index (χ2v) is 8.66. The van der Waals surface area contributed by atoms with Gasteiger partial charge in [-0.2, -0.15) is 0 Å². The van der Waals surface area contributed by atoms with Crippen LogP contribution < -0.4 is 21.6 Å². The van der Waals surface area contributed by atoms with Gasteiger partial charge in [-0.1, -0.05) is 29.8 Å². The highest BCUT2D eigenvalue weighted by Gasteiger charge is 2.31. The summed E-state index contributed by atoms with van der Waals surface area (Å²) in [5, 5.41) is 10.3. The van der Waals surface area contributed by atoms with E-state index in [2.05, 4.69) is 63.9 Å². The predicted molar refractivity (Wildman–Crippen MR) is 119 cm³/mol. The van der Waals surface area contributed by atoms with Crippen molar-refractivity contribution in [3.63, 3.8) is 0 Å². The van der Waals surface area contributed by atoms with E-state index in [1.807, 2.05) is 12.1 Å². The Morgan fingerprint density at radius 3 is 2.62 bits per heavy atom. The summed E-state index contributed by atoms with van der Waals surface area (Å²) >= 11 is 6.09. The second-order valence-electron chi connectivity index (χ2n) is 8.23. The summed E-state index contributed by atoms with van der Waals surface area (Å²) in [4.78, 5) is 0. The molecule has 1 atom stereocenters. The number of hydrogen-bond donors (Lipinski definition) is 4. The maximum absolute atomic E-state index is 6.09. The first-order chi connectivity index (χ1) is 14.2. The minimum absolute atomic E-state index is 0.251. The summed E-state index contributed by atoms with van der Waals surface area (Å²) < 4.78 is 0. The highest BCUT2D eigenvalue weighted by atomic mass is 35.5. The van der Waals surface area contributed by atoms with Gasteiger partial charge < -0.3 is 16.1 Å². The lowest BCUT2D eigenvalue weighted by molar-refractivity contribution is 0.281. The van der Waals surface area contributed by atoms with Gasteiger partial charge in [-0.3, -0.25) is 5.01 Å². The largest absolute Gasteiger partial charge is 0.378 e. The van der Waals surface area contributed by atoms with Crippen molar-refractivity contribution in [1.82, 2.24) is 21.3 Å².